The van der Waals surface area contributed by atoms with E-state index in [4.69, 9.17) is 9.97 Å². The summed E-state index contributed by atoms with van der Waals surface area (Å²) in [6.07, 6.45) is -2.29. The zero-order valence-corrected chi connectivity index (χ0v) is 17.5. The van der Waals surface area contributed by atoms with Gasteiger partial charge < -0.3 is 9.80 Å². The number of hydrogen-bond acceptors (Lipinski definition) is 6. The van der Waals surface area contributed by atoms with Gasteiger partial charge in [-0.25, -0.2) is 18.7 Å². The predicted molar refractivity (Wildman–Crippen MR) is 115 cm³/mol. The van der Waals surface area contributed by atoms with Gasteiger partial charge in [-0.3, -0.25) is 4.90 Å². The van der Waals surface area contributed by atoms with E-state index in [0.717, 1.165) is 33.0 Å². The molecule has 0 unspecified atom stereocenters. The standard InChI is InChI=1S/C21H25F2N5S/c1-26(2)13-18-24-20(28-10-8-27(9-11-28)12-17(22)23)19-16(14-29-21(19)25-18)15-6-4-3-5-7-15/h3-7,14,17H,8-13H2,1-2H3. The van der Waals surface area contributed by atoms with Gasteiger partial charge in [0.15, 0.2) is 0 Å². The fourth-order valence-corrected chi connectivity index (χ4v) is 4.68. The molecule has 8 heteroatoms. The number of rotatable bonds is 6. The van der Waals surface area contributed by atoms with E-state index in [2.05, 4.69) is 27.3 Å². The number of benzene rings is 1. The molecule has 0 aliphatic carbocycles. The molecule has 0 atom stereocenters. The molecule has 1 fully saturated rings. The van der Waals surface area contributed by atoms with Gasteiger partial charge in [0, 0.05) is 37.1 Å². The second kappa shape index (κ2) is 8.69. The minimum absolute atomic E-state index is 0.160. The maximum Gasteiger partial charge on any atom is 0.251 e. The Kier molecular flexibility index (Phi) is 6.03. The van der Waals surface area contributed by atoms with E-state index in [-0.39, 0.29) is 6.54 Å². The normalized spacial score (nSPS) is 15.7. The summed E-state index contributed by atoms with van der Waals surface area (Å²) in [5.74, 6) is 1.71. The molecule has 1 aliphatic rings. The highest BCUT2D eigenvalue weighted by Crippen LogP contribution is 2.38. The maximum atomic E-state index is 12.7. The largest absolute Gasteiger partial charge is 0.353 e. The number of thiophene rings is 1. The number of nitrogens with zero attached hydrogens (tertiary/aromatic N) is 5. The molecular formula is C21H25F2N5S. The molecule has 0 bridgehead atoms. The Morgan fingerprint density at radius 1 is 1.07 bits per heavy atom. The molecular weight excluding hydrogens is 392 g/mol. The minimum Gasteiger partial charge on any atom is -0.353 e. The van der Waals surface area contributed by atoms with Crippen molar-refractivity contribution in [2.45, 2.75) is 13.0 Å². The van der Waals surface area contributed by atoms with Crippen LogP contribution in [0.15, 0.2) is 35.7 Å². The number of anilines is 1. The fraction of sp³-hybridized carbons (Fsp3) is 0.429. The van der Waals surface area contributed by atoms with Crippen LogP contribution in [0.25, 0.3) is 21.3 Å². The van der Waals surface area contributed by atoms with E-state index in [1.807, 2.05) is 37.2 Å². The minimum atomic E-state index is -2.29. The quantitative estimate of drug-likeness (QED) is 0.610. The van der Waals surface area contributed by atoms with E-state index < -0.39 is 6.43 Å². The van der Waals surface area contributed by atoms with E-state index in [9.17, 15) is 8.78 Å². The number of hydrogen-bond donors (Lipinski definition) is 0. The van der Waals surface area contributed by atoms with Crippen molar-refractivity contribution in [2.75, 3.05) is 51.7 Å². The summed E-state index contributed by atoms with van der Waals surface area (Å²) in [6, 6.07) is 10.3. The summed E-state index contributed by atoms with van der Waals surface area (Å²) < 4.78 is 25.5. The first kappa shape index (κ1) is 20.1. The van der Waals surface area contributed by atoms with Crippen LogP contribution in [0.2, 0.25) is 0 Å². The van der Waals surface area contributed by atoms with Gasteiger partial charge in [-0.05, 0) is 19.7 Å². The average molecular weight is 418 g/mol. The lowest BCUT2D eigenvalue weighted by molar-refractivity contribution is 0.0854. The fourth-order valence-electron chi connectivity index (χ4n) is 3.72. The van der Waals surface area contributed by atoms with Gasteiger partial charge in [0.2, 0.25) is 0 Å². The first-order valence-electron chi connectivity index (χ1n) is 9.75. The molecule has 3 heterocycles. The topological polar surface area (TPSA) is 35.5 Å². The van der Waals surface area contributed by atoms with Crippen LogP contribution in [-0.4, -0.2) is 73.0 Å². The summed E-state index contributed by atoms with van der Waals surface area (Å²) in [6.45, 7) is 3.10. The van der Waals surface area contributed by atoms with Gasteiger partial charge in [0.05, 0.1) is 18.5 Å². The van der Waals surface area contributed by atoms with Gasteiger partial charge in [-0.1, -0.05) is 30.3 Å². The lowest BCUT2D eigenvalue weighted by atomic mass is 10.1. The molecule has 1 aliphatic heterocycles. The number of piperazine rings is 1. The van der Waals surface area contributed by atoms with Crippen molar-refractivity contribution in [1.82, 2.24) is 19.8 Å². The summed E-state index contributed by atoms with van der Waals surface area (Å²) in [7, 11) is 4.00. The molecule has 2 aromatic heterocycles. The number of alkyl halides is 2. The van der Waals surface area contributed by atoms with E-state index >= 15 is 0 Å². The Hall–Kier alpha value is -2.16. The molecule has 29 heavy (non-hydrogen) atoms. The molecule has 1 saturated heterocycles. The Labute approximate surface area is 173 Å². The zero-order chi connectivity index (χ0) is 20.4. The van der Waals surface area contributed by atoms with Gasteiger partial charge in [-0.2, -0.15) is 0 Å². The summed E-state index contributed by atoms with van der Waals surface area (Å²) in [4.78, 5) is 16.8. The number of halogens is 2. The van der Waals surface area contributed by atoms with Crippen LogP contribution in [0.5, 0.6) is 0 Å². The predicted octanol–water partition coefficient (Wildman–Crippen LogP) is 3.81. The van der Waals surface area contributed by atoms with Gasteiger partial charge >= 0.3 is 0 Å². The zero-order valence-electron chi connectivity index (χ0n) is 16.7. The Morgan fingerprint density at radius 3 is 2.45 bits per heavy atom. The Morgan fingerprint density at radius 2 is 1.79 bits per heavy atom. The third-order valence-corrected chi connectivity index (χ3v) is 5.94. The highest BCUT2D eigenvalue weighted by molar-refractivity contribution is 7.17. The molecule has 0 saturated carbocycles. The first-order valence-corrected chi connectivity index (χ1v) is 10.6. The van der Waals surface area contributed by atoms with Crippen LogP contribution < -0.4 is 4.90 Å². The van der Waals surface area contributed by atoms with Crippen LogP contribution in [0.1, 0.15) is 5.82 Å². The van der Waals surface area contributed by atoms with Gasteiger partial charge in [-0.15, -0.1) is 11.3 Å². The second-order valence-corrected chi connectivity index (χ2v) is 8.43. The lowest BCUT2D eigenvalue weighted by Crippen LogP contribution is -2.48. The highest BCUT2D eigenvalue weighted by Gasteiger charge is 2.24. The van der Waals surface area contributed by atoms with Crippen LogP contribution in [0, 0.1) is 0 Å². The monoisotopic (exact) mass is 417 g/mol. The second-order valence-electron chi connectivity index (χ2n) is 7.58. The Bertz CT molecular complexity index is 952. The molecule has 0 amide bonds. The number of aromatic nitrogens is 2. The van der Waals surface area contributed by atoms with Gasteiger partial charge in [0.25, 0.3) is 6.43 Å². The Balaban J connectivity index is 1.73. The molecule has 154 valence electrons. The van der Waals surface area contributed by atoms with Crippen molar-refractivity contribution in [3.8, 4) is 11.1 Å². The highest BCUT2D eigenvalue weighted by atomic mass is 32.1. The molecule has 5 nitrogen and oxygen atoms in total. The van der Waals surface area contributed by atoms with E-state index in [1.54, 1.807) is 11.3 Å². The molecule has 1 aromatic carbocycles. The third-order valence-electron chi connectivity index (χ3n) is 5.07. The average Bonchev–Trinajstić information content (AvgIpc) is 3.12. The first-order chi connectivity index (χ1) is 14.0. The van der Waals surface area contributed by atoms with Crippen LogP contribution in [-0.2, 0) is 6.54 Å². The summed E-state index contributed by atoms with van der Waals surface area (Å²) >= 11 is 1.63. The van der Waals surface area contributed by atoms with Crippen LogP contribution in [0.3, 0.4) is 0 Å². The maximum absolute atomic E-state index is 12.7. The van der Waals surface area contributed by atoms with Crippen molar-refractivity contribution in [2.24, 2.45) is 0 Å². The van der Waals surface area contributed by atoms with Gasteiger partial charge in [0.1, 0.15) is 16.5 Å². The molecule has 0 N–H and O–H groups in total. The van der Waals surface area contributed by atoms with Crippen molar-refractivity contribution < 1.29 is 8.78 Å². The SMILES string of the molecule is CN(C)Cc1nc(N2CCN(CC(F)F)CC2)c2c(-c3ccccc3)csc2n1. The van der Waals surface area contributed by atoms with E-state index in [0.29, 0.717) is 32.7 Å². The molecule has 3 aromatic rings. The van der Waals surface area contributed by atoms with Crippen LogP contribution in [0.4, 0.5) is 14.6 Å². The number of fused-ring (bicyclic) bond motifs is 1. The molecule has 0 radical (unpaired) electrons. The van der Waals surface area contributed by atoms with Crippen LogP contribution >= 0.6 is 11.3 Å². The smallest absolute Gasteiger partial charge is 0.251 e. The molecule has 0 spiro atoms. The van der Waals surface area contributed by atoms with Crippen molar-refractivity contribution >= 4 is 27.4 Å². The van der Waals surface area contributed by atoms with Crippen molar-refractivity contribution in [3.05, 3.63) is 41.5 Å². The van der Waals surface area contributed by atoms with Crippen molar-refractivity contribution in [3.63, 3.8) is 0 Å². The summed E-state index contributed by atoms with van der Waals surface area (Å²) in [5, 5.41) is 3.20. The lowest BCUT2D eigenvalue weighted by Gasteiger charge is -2.35. The summed E-state index contributed by atoms with van der Waals surface area (Å²) in [5.41, 5.74) is 2.27. The van der Waals surface area contributed by atoms with E-state index in [1.165, 1.54) is 0 Å². The molecule has 4 rings (SSSR count). The van der Waals surface area contributed by atoms with Crippen molar-refractivity contribution in [1.29, 1.82) is 0 Å². The third kappa shape index (κ3) is 4.55.